The molecule has 1 aromatic heterocycles. The van der Waals surface area contributed by atoms with Gasteiger partial charge < -0.3 is 5.73 Å². The first kappa shape index (κ1) is 9.49. The zero-order chi connectivity index (χ0) is 9.97. The molecule has 0 saturated heterocycles. The van der Waals surface area contributed by atoms with Crippen molar-refractivity contribution in [1.29, 1.82) is 0 Å². The number of hydrogen-bond donors (Lipinski definition) is 1. The van der Waals surface area contributed by atoms with E-state index in [9.17, 15) is 0 Å². The topological polar surface area (TPSA) is 38.9 Å². The highest BCUT2D eigenvalue weighted by atomic mass is 35.5. The first-order chi connectivity index (χ1) is 6.79. The number of nitrogen functional groups attached to an aromatic ring is 1. The highest BCUT2D eigenvalue weighted by Gasteiger charge is 1.99. The number of thiazole rings is 1. The molecule has 0 unspecified atom stereocenters. The quantitative estimate of drug-likeness (QED) is 0.796. The minimum Gasteiger partial charge on any atom is -0.375 e. The summed E-state index contributed by atoms with van der Waals surface area (Å²) in [6.07, 6.45) is 3.88. The summed E-state index contributed by atoms with van der Waals surface area (Å²) in [4.78, 5) is 4.21. The Morgan fingerprint density at radius 3 is 3.14 bits per heavy atom. The van der Waals surface area contributed by atoms with Crippen molar-refractivity contribution < 1.29 is 0 Å². The van der Waals surface area contributed by atoms with Crippen LogP contribution in [0.3, 0.4) is 0 Å². The second kappa shape index (κ2) is 3.98. The van der Waals surface area contributed by atoms with Crippen LogP contribution in [0, 0.1) is 0 Å². The van der Waals surface area contributed by atoms with Gasteiger partial charge in [-0.1, -0.05) is 29.6 Å². The fraction of sp³-hybridized carbons (Fsp3) is 0.100. The van der Waals surface area contributed by atoms with Crippen LogP contribution in [0.5, 0.6) is 0 Å². The van der Waals surface area contributed by atoms with Crippen LogP contribution >= 0.6 is 22.9 Å². The molecule has 0 aliphatic heterocycles. The molecule has 0 spiro atoms. The predicted molar refractivity (Wildman–Crippen MR) is 63.8 cm³/mol. The minimum atomic E-state index is 0.525. The molecule has 0 fully saturated rings. The molecule has 2 aromatic rings. The number of hydrogen-bond acceptors (Lipinski definition) is 3. The summed E-state index contributed by atoms with van der Waals surface area (Å²) in [6, 6.07) is 6.06. The van der Waals surface area contributed by atoms with Crippen molar-refractivity contribution in [1.82, 2.24) is 4.98 Å². The number of benzene rings is 1. The maximum atomic E-state index is 5.61. The van der Waals surface area contributed by atoms with E-state index in [4.69, 9.17) is 17.3 Å². The summed E-state index contributed by atoms with van der Waals surface area (Å²) in [5, 5.41) is 0.610. The average molecular weight is 225 g/mol. The van der Waals surface area contributed by atoms with Gasteiger partial charge in [0, 0.05) is 5.88 Å². The molecule has 2 rings (SSSR count). The van der Waals surface area contributed by atoms with Crippen LogP contribution < -0.4 is 5.73 Å². The molecule has 0 saturated carbocycles. The minimum absolute atomic E-state index is 0.525. The van der Waals surface area contributed by atoms with Gasteiger partial charge in [0.05, 0.1) is 10.2 Å². The van der Waals surface area contributed by atoms with Gasteiger partial charge in [-0.25, -0.2) is 4.98 Å². The molecule has 4 heteroatoms. The van der Waals surface area contributed by atoms with Gasteiger partial charge in [-0.05, 0) is 17.7 Å². The molecule has 0 aliphatic carbocycles. The summed E-state index contributed by atoms with van der Waals surface area (Å²) in [5.74, 6) is 0.525. The lowest BCUT2D eigenvalue weighted by Crippen LogP contribution is -1.79. The molecule has 2 nitrogen and oxygen atoms in total. The third kappa shape index (κ3) is 1.89. The zero-order valence-electron chi connectivity index (χ0n) is 7.40. The number of anilines is 1. The highest BCUT2D eigenvalue weighted by molar-refractivity contribution is 7.22. The Bertz CT molecular complexity index is 476. The van der Waals surface area contributed by atoms with Crippen LogP contribution in [0.15, 0.2) is 24.3 Å². The fourth-order valence-corrected chi connectivity index (χ4v) is 2.05. The van der Waals surface area contributed by atoms with Crippen molar-refractivity contribution in [2.75, 3.05) is 11.6 Å². The summed E-state index contributed by atoms with van der Waals surface area (Å²) in [6.45, 7) is 0. The number of nitrogens with two attached hydrogens (primary N) is 1. The molecule has 0 amide bonds. The second-order valence-electron chi connectivity index (χ2n) is 2.84. The second-order valence-corrected chi connectivity index (χ2v) is 4.21. The summed E-state index contributed by atoms with van der Waals surface area (Å²) >= 11 is 7.05. The van der Waals surface area contributed by atoms with Gasteiger partial charge in [0.1, 0.15) is 0 Å². The van der Waals surface area contributed by atoms with E-state index < -0.39 is 0 Å². The van der Waals surface area contributed by atoms with Crippen LogP contribution in [0.4, 0.5) is 5.13 Å². The number of aromatic nitrogens is 1. The van der Waals surface area contributed by atoms with Gasteiger partial charge in [0.15, 0.2) is 5.13 Å². The van der Waals surface area contributed by atoms with Crippen LogP contribution in [-0.4, -0.2) is 10.9 Å². The number of rotatable bonds is 2. The Morgan fingerprint density at radius 2 is 2.36 bits per heavy atom. The molecule has 0 atom stereocenters. The smallest absolute Gasteiger partial charge is 0.181 e. The lowest BCUT2D eigenvalue weighted by atomic mass is 10.2. The van der Waals surface area contributed by atoms with E-state index in [2.05, 4.69) is 4.98 Å². The van der Waals surface area contributed by atoms with E-state index in [1.165, 1.54) is 11.3 Å². The standard InChI is InChI=1S/C10H9ClN2S/c11-5-1-2-7-3-4-9-8(6-7)13-10(12)14-9/h1-4,6H,5H2,(H2,12,13). The number of allylic oxidation sites excluding steroid dienone is 1. The van der Waals surface area contributed by atoms with Crippen molar-refractivity contribution in [2.24, 2.45) is 0 Å². The van der Waals surface area contributed by atoms with E-state index in [0.29, 0.717) is 11.0 Å². The third-order valence-corrected chi connectivity index (χ3v) is 2.87. The molecule has 2 N–H and O–H groups in total. The third-order valence-electron chi connectivity index (χ3n) is 1.83. The maximum absolute atomic E-state index is 5.61. The number of fused-ring (bicyclic) bond motifs is 1. The van der Waals surface area contributed by atoms with Gasteiger partial charge in [-0.3, -0.25) is 0 Å². The van der Waals surface area contributed by atoms with E-state index in [1.54, 1.807) is 0 Å². The average Bonchev–Trinajstić information content (AvgIpc) is 2.54. The SMILES string of the molecule is Nc1nc2cc(C=CCCl)ccc2s1. The Balaban J connectivity index is 2.45. The predicted octanol–water partition coefficient (Wildman–Crippen LogP) is 3.13. The number of nitrogens with zero attached hydrogens (tertiary/aromatic N) is 1. The molecule has 1 heterocycles. The highest BCUT2D eigenvalue weighted by Crippen LogP contribution is 2.24. The zero-order valence-corrected chi connectivity index (χ0v) is 8.98. The summed E-state index contributed by atoms with van der Waals surface area (Å²) in [7, 11) is 0. The Morgan fingerprint density at radius 1 is 1.50 bits per heavy atom. The van der Waals surface area contributed by atoms with E-state index in [0.717, 1.165) is 15.8 Å². The molecule has 0 bridgehead atoms. The van der Waals surface area contributed by atoms with Gasteiger partial charge in [-0.15, -0.1) is 11.6 Å². The number of halogens is 1. The molecule has 1 aromatic carbocycles. The van der Waals surface area contributed by atoms with Crippen molar-refractivity contribution >= 4 is 44.4 Å². The van der Waals surface area contributed by atoms with Gasteiger partial charge >= 0.3 is 0 Å². The fourth-order valence-electron chi connectivity index (χ4n) is 1.25. The summed E-state index contributed by atoms with van der Waals surface area (Å²) < 4.78 is 1.12. The van der Waals surface area contributed by atoms with E-state index in [1.807, 2.05) is 30.4 Å². The van der Waals surface area contributed by atoms with Crippen LogP contribution in [-0.2, 0) is 0 Å². The van der Waals surface area contributed by atoms with Crippen molar-refractivity contribution in [3.05, 3.63) is 29.8 Å². The Kier molecular flexibility index (Phi) is 2.70. The number of alkyl halides is 1. The van der Waals surface area contributed by atoms with E-state index >= 15 is 0 Å². The largest absolute Gasteiger partial charge is 0.375 e. The maximum Gasteiger partial charge on any atom is 0.181 e. The van der Waals surface area contributed by atoms with Crippen molar-refractivity contribution in [3.63, 3.8) is 0 Å². The van der Waals surface area contributed by atoms with E-state index in [-0.39, 0.29) is 0 Å². The Labute approximate surface area is 91.0 Å². The molecular formula is C10H9ClN2S. The molecule has 0 radical (unpaired) electrons. The Hall–Kier alpha value is -1.06. The lowest BCUT2D eigenvalue weighted by molar-refractivity contribution is 1.49. The van der Waals surface area contributed by atoms with Crippen molar-refractivity contribution in [3.8, 4) is 0 Å². The lowest BCUT2D eigenvalue weighted by Gasteiger charge is -1.91. The van der Waals surface area contributed by atoms with Crippen LogP contribution in [0.2, 0.25) is 0 Å². The van der Waals surface area contributed by atoms with Gasteiger partial charge in [0.2, 0.25) is 0 Å². The first-order valence-electron chi connectivity index (χ1n) is 4.18. The normalized spacial score (nSPS) is 11.5. The molecule has 14 heavy (non-hydrogen) atoms. The molecular weight excluding hydrogens is 216 g/mol. The first-order valence-corrected chi connectivity index (χ1v) is 5.53. The molecule has 72 valence electrons. The van der Waals surface area contributed by atoms with Gasteiger partial charge in [-0.2, -0.15) is 0 Å². The summed E-state index contributed by atoms with van der Waals surface area (Å²) in [5.41, 5.74) is 7.66. The van der Waals surface area contributed by atoms with Crippen LogP contribution in [0.25, 0.3) is 16.3 Å². The van der Waals surface area contributed by atoms with Crippen molar-refractivity contribution in [2.45, 2.75) is 0 Å². The van der Waals surface area contributed by atoms with Gasteiger partial charge in [0.25, 0.3) is 0 Å². The van der Waals surface area contributed by atoms with Crippen LogP contribution in [0.1, 0.15) is 5.56 Å². The molecule has 0 aliphatic rings. The monoisotopic (exact) mass is 224 g/mol.